The minimum Gasteiger partial charge on any atom is -0.0991 e. The standard InChI is InChI=1S/C18H22.2C2H6/c1-3-11-16(4-2)18(14-9-6-10-15-18)17-12-7-5-8-13-17;2*1-2/h3-5,7-8,11-13H,1-2,6,9-10,14-15H2;2*1-2H3/b16-11+;;. The molecular weight excluding hydrogens is 264 g/mol. The predicted molar refractivity (Wildman–Crippen MR) is 102 cm³/mol. The Hall–Kier alpha value is -1.56. The highest BCUT2D eigenvalue weighted by Gasteiger charge is 2.35. The molecule has 2 rings (SSSR count). The molecular formula is C22H34. The number of rotatable bonds is 4. The molecule has 0 bridgehead atoms. The molecule has 0 saturated heterocycles. The summed E-state index contributed by atoms with van der Waals surface area (Å²) >= 11 is 0. The van der Waals surface area contributed by atoms with E-state index in [0.29, 0.717) is 0 Å². The second-order valence-electron chi connectivity index (χ2n) is 5.07. The van der Waals surface area contributed by atoms with Crippen LogP contribution in [-0.2, 0) is 5.41 Å². The first-order valence-corrected chi connectivity index (χ1v) is 8.84. The van der Waals surface area contributed by atoms with Crippen molar-refractivity contribution in [1.29, 1.82) is 0 Å². The van der Waals surface area contributed by atoms with Gasteiger partial charge in [0, 0.05) is 5.41 Å². The molecule has 1 aliphatic carbocycles. The number of benzene rings is 1. The fourth-order valence-electron chi connectivity index (χ4n) is 3.21. The molecule has 122 valence electrons. The number of allylic oxidation sites excluding steroid dienone is 4. The van der Waals surface area contributed by atoms with Gasteiger partial charge in [-0.3, -0.25) is 0 Å². The Labute approximate surface area is 138 Å². The van der Waals surface area contributed by atoms with Gasteiger partial charge in [-0.1, -0.05) is 109 Å². The van der Waals surface area contributed by atoms with E-state index in [0.717, 1.165) is 0 Å². The average Bonchev–Trinajstić information content (AvgIpc) is 2.64. The minimum atomic E-state index is 0.162. The van der Waals surface area contributed by atoms with Crippen LogP contribution >= 0.6 is 0 Å². The smallest absolute Gasteiger partial charge is 0.0202 e. The fourth-order valence-corrected chi connectivity index (χ4v) is 3.21. The summed E-state index contributed by atoms with van der Waals surface area (Å²) in [6, 6.07) is 10.9. The van der Waals surface area contributed by atoms with E-state index >= 15 is 0 Å². The zero-order valence-electron chi connectivity index (χ0n) is 15.1. The van der Waals surface area contributed by atoms with Crippen LogP contribution < -0.4 is 0 Å². The highest BCUT2D eigenvalue weighted by molar-refractivity contribution is 5.43. The molecule has 1 saturated carbocycles. The van der Waals surface area contributed by atoms with Crippen LogP contribution in [-0.4, -0.2) is 0 Å². The Morgan fingerprint density at radius 3 is 1.91 bits per heavy atom. The molecule has 1 aromatic carbocycles. The Kier molecular flexibility index (Phi) is 11.2. The molecule has 22 heavy (non-hydrogen) atoms. The first kappa shape index (κ1) is 20.4. The Bertz CT molecular complexity index is 430. The van der Waals surface area contributed by atoms with Crippen molar-refractivity contribution in [3.05, 3.63) is 72.9 Å². The first-order valence-electron chi connectivity index (χ1n) is 8.84. The lowest BCUT2D eigenvalue weighted by Gasteiger charge is -2.39. The number of hydrogen-bond acceptors (Lipinski definition) is 0. The molecule has 0 atom stereocenters. The molecule has 1 aromatic rings. The molecule has 0 aliphatic heterocycles. The van der Waals surface area contributed by atoms with Gasteiger partial charge in [-0.15, -0.1) is 0 Å². The first-order chi connectivity index (χ1) is 10.8. The van der Waals surface area contributed by atoms with E-state index < -0.39 is 0 Å². The summed E-state index contributed by atoms with van der Waals surface area (Å²) in [5.74, 6) is 0. The second-order valence-corrected chi connectivity index (χ2v) is 5.07. The van der Waals surface area contributed by atoms with E-state index in [1.54, 1.807) is 0 Å². The highest BCUT2D eigenvalue weighted by Crippen LogP contribution is 2.45. The van der Waals surface area contributed by atoms with E-state index in [4.69, 9.17) is 0 Å². The van der Waals surface area contributed by atoms with Crippen molar-refractivity contribution >= 4 is 0 Å². The van der Waals surface area contributed by atoms with Gasteiger partial charge >= 0.3 is 0 Å². The molecule has 0 amide bonds. The summed E-state index contributed by atoms with van der Waals surface area (Å²) in [7, 11) is 0. The summed E-state index contributed by atoms with van der Waals surface area (Å²) in [4.78, 5) is 0. The van der Waals surface area contributed by atoms with E-state index in [9.17, 15) is 0 Å². The third kappa shape index (κ3) is 5.02. The van der Waals surface area contributed by atoms with Crippen LogP contribution in [0.2, 0.25) is 0 Å². The molecule has 0 N–H and O–H groups in total. The van der Waals surface area contributed by atoms with Crippen molar-refractivity contribution in [2.45, 2.75) is 65.2 Å². The van der Waals surface area contributed by atoms with Gasteiger partial charge in [0.1, 0.15) is 0 Å². The van der Waals surface area contributed by atoms with Gasteiger partial charge in [-0.2, -0.15) is 0 Å². The lowest BCUT2D eigenvalue weighted by molar-refractivity contribution is 0.345. The van der Waals surface area contributed by atoms with Crippen molar-refractivity contribution in [1.82, 2.24) is 0 Å². The molecule has 1 fully saturated rings. The summed E-state index contributed by atoms with van der Waals surface area (Å²) in [5, 5.41) is 0. The quantitative estimate of drug-likeness (QED) is 0.514. The summed E-state index contributed by atoms with van der Waals surface area (Å²) in [6.07, 6.45) is 12.4. The van der Waals surface area contributed by atoms with Gasteiger partial charge in [0.05, 0.1) is 0 Å². The van der Waals surface area contributed by atoms with Crippen LogP contribution in [0.1, 0.15) is 65.4 Å². The molecule has 0 unspecified atom stereocenters. The maximum absolute atomic E-state index is 4.01. The molecule has 0 radical (unpaired) electrons. The predicted octanol–water partition coefficient (Wildman–Crippen LogP) is 7.24. The normalized spacial score (nSPS) is 16.3. The zero-order valence-corrected chi connectivity index (χ0v) is 15.1. The van der Waals surface area contributed by atoms with Crippen LogP contribution in [0.25, 0.3) is 0 Å². The third-order valence-corrected chi connectivity index (χ3v) is 4.10. The van der Waals surface area contributed by atoms with E-state index in [-0.39, 0.29) is 5.41 Å². The van der Waals surface area contributed by atoms with Crippen molar-refractivity contribution in [3.63, 3.8) is 0 Å². The molecule has 0 nitrogen and oxygen atoms in total. The van der Waals surface area contributed by atoms with Gasteiger partial charge in [-0.05, 0) is 24.0 Å². The minimum absolute atomic E-state index is 0.162. The lowest BCUT2D eigenvalue weighted by Crippen LogP contribution is -2.30. The molecule has 0 heterocycles. The van der Waals surface area contributed by atoms with Gasteiger partial charge in [0.2, 0.25) is 0 Å². The second kappa shape index (κ2) is 12.0. The van der Waals surface area contributed by atoms with Crippen LogP contribution in [0.15, 0.2) is 67.3 Å². The van der Waals surface area contributed by atoms with Crippen LogP contribution in [0, 0.1) is 0 Å². The molecule has 1 aliphatic rings. The monoisotopic (exact) mass is 298 g/mol. The lowest BCUT2D eigenvalue weighted by atomic mass is 9.65. The van der Waals surface area contributed by atoms with Crippen molar-refractivity contribution in [2.75, 3.05) is 0 Å². The highest BCUT2D eigenvalue weighted by atomic mass is 14.4. The molecule has 0 spiro atoms. The largest absolute Gasteiger partial charge is 0.0991 e. The Balaban J connectivity index is 0.00000102. The number of hydrogen-bond donors (Lipinski definition) is 0. The third-order valence-electron chi connectivity index (χ3n) is 4.10. The Morgan fingerprint density at radius 2 is 1.45 bits per heavy atom. The fraction of sp³-hybridized carbons (Fsp3) is 0.455. The van der Waals surface area contributed by atoms with Gasteiger partial charge in [-0.25, -0.2) is 0 Å². The van der Waals surface area contributed by atoms with Crippen LogP contribution in [0.4, 0.5) is 0 Å². The van der Waals surface area contributed by atoms with Crippen LogP contribution in [0.5, 0.6) is 0 Å². The SMILES string of the molecule is C=C/C=C(\C=C)C1(c2ccccc2)CCCCC1.CC.CC. The summed E-state index contributed by atoms with van der Waals surface area (Å²) in [5.41, 5.74) is 2.91. The Morgan fingerprint density at radius 1 is 0.909 bits per heavy atom. The topological polar surface area (TPSA) is 0 Å². The van der Waals surface area contributed by atoms with E-state index in [2.05, 4.69) is 49.6 Å². The van der Waals surface area contributed by atoms with Gasteiger partial charge in [0.15, 0.2) is 0 Å². The van der Waals surface area contributed by atoms with Crippen LogP contribution in [0.3, 0.4) is 0 Å². The van der Waals surface area contributed by atoms with Gasteiger partial charge in [0.25, 0.3) is 0 Å². The van der Waals surface area contributed by atoms with Crippen molar-refractivity contribution in [2.24, 2.45) is 0 Å². The summed E-state index contributed by atoms with van der Waals surface area (Å²) in [6.45, 7) is 15.9. The van der Waals surface area contributed by atoms with E-state index in [1.807, 2.05) is 39.8 Å². The van der Waals surface area contributed by atoms with Crippen molar-refractivity contribution < 1.29 is 0 Å². The van der Waals surface area contributed by atoms with Crippen molar-refractivity contribution in [3.8, 4) is 0 Å². The molecule has 0 heteroatoms. The summed E-state index contributed by atoms with van der Waals surface area (Å²) < 4.78 is 0. The van der Waals surface area contributed by atoms with E-state index in [1.165, 1.54) is 43.2 Å². The average molecular weight is 299 g/mol. The van der Waals surface area contributed by atoms with Gasteiger partial charge < -0.3 is 0 Å². The zero-order chi connectivity index (χ0) is 16.8. The molecule has 0 aromatic heterocycles. The maximum atomic E-state index is 4.01. The maximum Gasteiger partial charge on any atom is 0.0202 e.